The van der Waals surface area contributed by atoms with Gasteiger partial charge in [0.2, 0.25) is 0 Å². The lowest BCUT2D eigenvalue weighted by Crippen LogP contribution is -2.11. The summed E-state index contributed by atoms with van der Waals surface area (Å²) < 4.78 is 26.6. The van der Waals surface area contributed by atoms with Gasteiger partial charge < -0.3 is 0 Å². The Balaban J connectivity index is 3.03. The first-order valence-corrected chi connectivity index (χ1v) is 4.34. The van der Waals surface area contributed by atoms with Gasteiger partial charge in [-0.05, 0) is 22.0 Å². The largest absolute Gasteiger partial charge is 0.274 e. The van der Waals surface area contributed by atoms with Crippen molar-refractivity contribution in [3.05, 3.63) is 28.5 Å². The first-order chi connectivity index (χ1) is 5.56. The summed E-state index contributed by atoms with van der Waals surface area (Å²) in [5, 5.41) is 0. The minimum absolute atomic E-state index is 0.0422. The molecule has 0 bridgehead atoms. The van der Waals surface area contributed by atoms with Crippen molar-refractivity contribution >= 4 is 15.9 Å². The van der Waals surface area contributed by atoms with Gasteiger partial charge in [-0.15, -0.1) is 0 Å². The number of alkyl halides is 2. The summed E-state index contributed by atoms with van der Waals surface area (Å²) in [6.07, 6.45) is 2.47. The third-order valence-corrected chi connectivity index (χ3v) is 2.00. The Morgan fingerprint density at radius 1 is 1.50 bits per heavy atom. The van der Waals surface area contributed by atoms with E-state index in [0.29, 0.717) is 4.47 Å². The summed E-state index contributed by atoms with van der Waals surface area (Å²) in [5.41, 5.74) is -0.0422. The molecule has 4 heteroatoms. The number of rotatable bonds is 2. The van der Waals surface area contributed by atoms with Crippen molar-refractivity contribution in [2.45, 2.75) is 19.3 Å². The molecule has 0 saturated heterocycles. The lowest BCUT2D eigenvalue weighted by atomic mass is 10.1. The molecule has 0 fully saturated rings. The zero-order valence-electron chi connectivity index (χ0n) is 6.52. The van der Waals surface area contributed by atoms with Gasteiger partial charge in [0, 0.05) is 28.9 Å². The first kappa shape index (κ1) is 9.58. The van der Waals surface area contributed by atoms with Crippen LogP contribution in [-0.4, -0.2) is 4.98 Å². The standard InChI is InChI=1S/C8H8BrF2N/c1-2-8(10,11)6-3-7(9)5-12-4-6/h3-5H,2H2,1H3. The lowest BCUT2D eigenvalue weighted by Gasteiger charge is -2.13. The summed E-state index contributed by atoms with van der Waals surface area (Å²) in [7, 11) is 0. The molecule has 0 amide bonds. The summed E-state index contributed by atoms with van der Waals surface area (Å²) in [4.78, 5) is 3.67. The van der Waals surface area contributed by atoms with Gasteiger partial charge in [0.25, 0.3) is 5.92 Å². The van der Waals surface area contributed by atoms with Crippen molar-refractivity contribution in [3.8, 4) is 0 Å². The van der Waals surface area contributed by atoms with E-state index in [4.69, 9.17) is 0 Å². The molecule has 1 aromatic heterocycles. The third kappa shape index (κ3) is 2.00. The molecule has 0 radical (unpaired) electrons. The van der Waals surface area contributed by atoms with Crippen LogP contribution in [-0.2, 0) is 5.92 Å². The number of pyridine rings is 1. The maximum Gasteiger partial charge on any atom is 0.274 e. The second-order valence-electron chi connectivity index (χ2n) is 2.45. The van der Waals surface area contributed by atoms with Crippen LogP contribution in [0.5, 0.6) is 0 Å². The van der Waals surface area contributed by atoms with Gasteiger partial charge in [0.05, 0.1) is 0 Å². The van der Waals surface area contributed by atoms with E-state index >= 15 is 0 Å². The van der Waals surface area contributed by atoms with E-state index in [1.807, 2.05) is 0 Å². The van der Waals surface area contributed by atoms with Gasteiger partial charge in [0.1, 0.15) is 0 Å². The fourth-order valence-corrected chi connectivity index (χ4v) is 1.18. The van der Waals surface area contributed by atoms with Crippen LogP contribution >= 0.6 is 15.9 Å². The second-order valence-corrected chi connectivity index (χ2v) is 3.37. The highest BCUT2D eigenvalue weighted by Gasteiger charge is 2.29. The van der Waals surface area contributed by atoms with Crippen LogP contribution in [0.3, 0.4) is 0 Å². The quantitative estimate of drug-likeness (QED) is 0.767. The minimum Gasteiger partial charge on any atom is -0.263 e. The van der Waals surface area contributed by atoms with Gasteiger partial charge in [-0.1, -0.05) is 6.92 Å². The Hall–Kier alpha value is -0.510. The van der Waals surface area contributed by atoms with Crippen molar-refractivity contribution in [3.63, 3.8) is 0 Å². The van der Waals surface area contributed by atoms with Crippen molar-refractivity contribution in [1.29, 1.82) is 0 Å². The molecular weight excluding hydrogens is 228 g/mol. The maximum atomic E-state index is 13.0. The molecule has 1 heterocycles. The smallest absolute Gasteiger partial charge is 0.263 e. The molecule has 1 nitrogen and oxygen atoms in total. The summed E-state index contributed by atoms with van der Waals surface area (Å²) in [6.45, 7) is 1.45. The number of nitrogens with zero attached hydrogens (tertiary/aromatic N) is 1. The normalized spacial score (nSPS) is 11.7. The molecule has 0 spiro atoms. The van der Waals surface area contributed by atoms with Crippen LogP contribution in [0.1, 0.15) is 18.9 Å². The predicted molar refractivity (Wildman–Crippen MR) is 46.1 cm³/mol. The van der Waals surface area contributed by atoms with Crippen molar-refractivity contribution in [1.82, 2.24) is 4.98 Å². The molecule has 0 saturated carbocycles. The molecular formula is C8H8BrF2N. The first-order valence-electron chi connectivity index (χ1n) is 3.55. The van der Waals surface area contributed by atoms with Gasteiger partial charge >= 0.3 is 0 Å². The number of hydrogen-bond donors (Lipinski definition) is 0. The summed E-state index contributed by atoms with van der Waals surface area (Å²) in [6, 6.07) is 1.39. The molecule has 0 atom stereocenters. The molecule has 0 unspecified atom stereocenters. The Bertz CT molecular complexity index is 276. The highest BCUT2D eigenvalue weighted by Crippen LogP contribution is 2.31. The fourth-order valence-electron chi connectivity index (χ4n) is 0.816. The highest BCUT2D eigenvalue weighted by atomic mass is 79.9. The number of aromatic nitrogens is 1. The van der Waals surface area contributed by atoms with Gasteiger partial charge in [-0.2, -0.15) is 0 Å². The van der Waals surface area contributed by atoms with Crippen LogP contribution in [0.4, 0.5) is 8.78 Å². The molecule has 1 aromatic rings. The number of hydrogen-bond acceptors (Lipinski definition) is 1. The van der Waals surface area contributed by atoms with Gasteiger partial charge in [-0.25, -0.2) is 8.78 Å². The molecule has 0 aliphatic carbocycles. The van der Waals surface area contributed by atoms with E-state index in [9.17, 15) is 8.78 Å². The van der Waals surface area contributed by atoms with E-state index < -0.39 is 5.92 Å². The van der Waals surface area contributed by atoms with Crippen molar-refractivity contribution in [2.24, 2.45) is 0 Å². The topological polar surface area (TPSA) is 12.9 Å². The van der Waals surface area contributed by atoms with Crippen LogP contribution < -0.4 is 0 Å². The van der Waals surface area contributed by atoms with Crippen LogP contribution in [0.2, 0.25) is 0 Å². The van der Waals surface area contributed by atoms with E-state index in [2.05, 4.69) is 20.9 Å². The molecule has 12 heavy (non-hydrogen) atoms. The maximum absolute atomic E-state index is 13.0. The molecule has 0 aliphatic rings. The van der Waals surface area contributed by atoms with Crippen LogP contribution in [0.15, 0.2) is 22.9 Å². The van der Waals surface area contributed by atoms with E-state index in [1.54, 1.807) is 0 Å². The van der Waals surface area contributed by atoms with E-state index in [0.717, 1.165) is 0 Å². The molecule has 0 aliphatic heterocycles. The third-order valence-electron chi connectivity index (χ3n) is 1.57. The SMILES string of the molecule is CCC(F)(F)c1cncc(Br)c1. The molecule has 0 aromatic carbocycles. The predicted octanol–water partition coefficient (Wildman–Crippen LogP) is 3.35. The van der Waals surface area contributed by atoms with Crippen LogP contribution in [0, 0.1) is 0 Å². The Labute approximate surface area is 77.9 Å². The summed E-state index contributed by atoms with van der Waals surface area (Å²) >= 11 is 3.09. The van der Waals surface area contributed by atoms with Crippen molar-refractivity contribution < 1.29 is 8.78 Å². The zero-order valence-corrected chi connectivity index (χ0v) is 8.11. The lowest BCUT2D eigenvalue weighted by molar-refractivity contribution is -0.00867. The Kier molecular flexibility index (Phi) is 2.77. The molecule has 1 rings (SSSR count). The average Bonchev–Trinajstić information content (AvgIpc) is 2.05. The van der Waals surface area contributed by atoms with Crippen molar-refractivity contribution in [2.75, 3.05) is 0 Å². The fraction of sp³-hybridized carbons (Fsp3) is 0.375. The summed E-state index contributed by atoms with van der Waals surface area (Å²) in [5.74, 6) is -2.77. The average molecular weight is 236 g/mol. The molecule has 0 N–H and O–H groups in total. The van der Waals surface area contributed by atoms with Gasteiger partial charge in [-0.3, -0.25) is 4.98 Å². The monoisotopic (exact) mass is 235 g/mol. The Morgan fingerprint density at radius 3 is 2.67 bits per heavy atom. The highest BCUT2D eigenvalue weighted by molar-refractivity contribution is 9.10. The van der Waals surface area contributed by atoms with E-state index in [-0.39, 0.29) is 12.0 Å². The van der Waals surface area contributed by atoms with Gasteiger partial charge in [0.15, 0.2) is 0 Å². The number of halogens is 3. The van der Waals surface area contributed by atoms with Crippen LogP contribution in [0.25, 0.3) is 0 Å². The molecule has 66 valence electrons. The Morgan fingerprint density at radius 2 is 2.17 bits per heavy atom. The van der Waals surface area contributed by atoms with E-state index in [1.165, 1.54) is 25.4 Å². The second kappa shape index (κ2) is 3.47. The minimum atomic E-state index is -2.77. The zero-order chi connectivity index (χ0) is 9.19.